The second-order valence-electron chi connectivity index (χ2n) is 2.91. The lowest BCUT2D eigenvalue weighted by molar-refractivity contribution is 0.112. The van der Waals surface area contributed by atoms with E-state index in [2.05, 4.69) is 73.7 Å². The number of halogens is 4. The van der Waals surface area contributed by atoms with E-state index in [9.17, 15) is 4.79 Å². The van der Waals surface area contributed by atoms with Gasteiger partial charge in [-0.25, -0.2) is 9.97 Å². The summed E-state index contributed by atoms with van der Waals surface area (Å²) >= 11 is 12.7. The van der Waals surface area contributed by atoms with E-state index < -0.39 is 0 Å². The molecule has 19 heavy (non-hydrogen) atoms. The van der Waals surface area contributed by atoms with Gasteiger partial charge in [0.25, 0.3) is 0 Å². The molecule has 2 rings (SSSR count). The van der Waals surface area contributed by atoms with Crippen molar-refractivity contribution in [1.29, 1.82) is 0 Å². The Morgan fingerprint density at radius 2 is 1.37 bits per heavy atom. The first-order chi connectivity index (χ1) is 8.52. The fourth-order valence-corrected chi connectivity index (χ4v) is 2.78. The SMILES string of the molecule is Brc1cccc(Br)n1.C.O=Cc1ccc(Br)nc1Br. The molecule has 0 aliphatic carbocycles. The summed E-state index contributed by atoms with van der Waals surface area (Å²) in [7, 11) is 0. The molecule has 7 heteroatoms. The van der Waals surface area contributed by atoms with Gasteiger partial charge in [-0.05, 0) is 88.0 Å². The number of carbonyl (C=O) groups is 1. The molecule has 2 aromatic heterocycles. The fraction of sp³-hybridized carbons (Fsp3) is 0.0833. The second-order valence-corrected chi connectivity index (χ2v) is 6.10. The van der Waals surface area contributed by atoms with Crippen molar-refractivity contribution in [1.82, 2.24) is 9.97 Å². The highest BCUT2D eigenvalue weighted by Gasteiger charge is 1.98. The molecule has 0 atom stereocenters. The van der Waals surface area contributed by atoms with Gasteiger partial charge in [0.2, 0.25) is 0 Å². The van der Waals surface area contributed by atoms with Crippen molar-refractivity contribution in [2.45, 2.75) is 7.43 Å². The van der Waals surface area contributed by atoms with E-state index in [0.29, 0.717) is 14.8 Å². The number of rotatable bonds is 1. The van der Waals surface area contributed by atoms with Crippen LogP contribution < -0.4 is 0 Å². The van der Waals surface area contributed by atoms with Gasteiger partial charge in [0, 0.05) is 5.56 Å². The van der Waals surface area contributed by atoms with Crippen LogP contribution in [0.15, 0.2) is 48.7 Å². The van der Waals surface area contributed by atoms with Crippen LogP contribution in [0, 0.1) is 0 Å². The Morgan fingerprint density at radius 1 is 0.842 bits per heavy atom. The average Bonchev–Trinajstić information content (AvgIpc) is 2.29. The maximum absolute atomic E-state index is 10.3. The van der Waals surface area contributed by atoms with E-state index in [1.807, 2.05) is 18.2 Å². The third kappa shape index (κ3) is 7.29. The molecule has 102 valence electrons. The predicted molar refractivity (Wildman–Crippen MR) is 91.4 cm³/mol. The summed E-state index contributed by atoms with van der Waals surface area (Å²) < 4.78 is 2.99. The van der Waals surface area contributed by atoms with Crippen LogP contribution in [-0.2, 0) is 0 Å². The second kappa shape index (κ2) is 9.74. The minimum Gasteiger partial charge on any atom is -0.298 e. The van der Waals surface area contributed by atoms with E-state index in [0.717, 1.165) is 15.5 Å². The number of aromatic nitrogens is 2. The Hall–Kier alpha value is -0.110. The van der Waals surface area contributed by atoms with Crippen LogP contribution in [0.5, 0.6) is 0 Å². The number of aldehydes is 1. The summed E-state index contributed by atoms with van der Waals surface area (Å²) in [6.45, 7) is 0. The van der Waals surface area contributed by atoms with Gasteiger partial charge in [0.05, 0.1) is 0 Å². The van der Waals surface area contributed by atoms with E-state index in [1.165, 1.54) is 0 Å². The van der Waals surface area contributed by atoms with Crippen LogP contribution in [0.1, 0.15) is 17.8 Å². The topological polar surface area (TPSA) is 42.9 Å². The minimum absolute atomic E-state index is 0. The Morgan fingerprint density at radius 3 is 1.74 bits per heavy atom. The lowest BCUT2D eigenvalue weighted by Gasteiger charge is -1.93. The highest BCUT2D eigenvalue weighted by atomic mass is 79.9. The van der Waals surface area contributed by atoms with Crippen molar-refractivity contribution in [3.05, 3.63) is 54.3 Å². The molecule has 0 aromatic carbocycles. The van der Waals surface area contributed by atoms with Gasteiger partial charge in [-0.2, -0.15) is 0 Å². The summed E-state index contributed by atoms with van der Waals surface area (Å²) in [5.74, 6) is 0. The van der Waals surface area contributed by atoms with Gasteiger partial charge in [-0.1, -0.05) is 13.5 Å². The first kappa shape index (κ1) is 18.9. The number of carbonyl (C=O) groups excluding carboxylic acids is 1. The molecule has 2 heterocycles. The molecule has 0 spiro atoms. The van der Waals surface area contributed by atoms with Crippen molar-refractivity contribution in [3.8, 4) is 0 Å². The number of hydrogen-bond donors (Lipinski definition) is 0. The molecule has 0 saturated heterocycles. The van der Waals surface area contributed by atoms with Gasteiger partial charge < -0.3 is 0 Å². The number of hydrogen-bond acceptors (Lipinski definition) is 3. The maximum Gasteiger partial charge on any atom is 0.152 e. The summed E-state index contributed by atoms with van der Waals surface area (Å²) in [6.07, 6.45) is 0.753. The zero-order valence-corrected chi connectivity index (χ0v) is 15.1. The van der Waals surface area contributed by atoms with E-state index in [4.69, 9.17) is 0 Å². The minimum atomic E-state index is 0. The molecular formula is C12H10Br4N2O. The first-order valence-electron chi connectivity index (χ1n) is 4.58. The summed E-state index contributed by atoms with van der Waals surface area (Å²) in [4.78, 5) is 18.2. The highest BCUT2D eigenvalue weighted by molar-refractivity contribution is 9.11. The molecule has 0 aliphatic rings. The smallest absolute Gasteiger partial charge is 0.152 e. The van der Waals surface area contributed by atoms with E-state index >= 15 is 0 Å². The molecule has 0 fully saturated rings. The molecule has 0 bridgehead atoms. The average molecular weight is 518 g/mol. The molecule has 0 saturated carbocycles. The Labute approximate surface area is 145 Å². The molecular weight excluding hydrogens is 508 g/mol. The van der Waals surface area contributed by atoms with Crippen LogP contribution in [0.3, 0.4) is 0 Å². The predicted octanol–water partition coefficient (Wildman–Crippen LogP) is 5.66. The fourth-order valence-electron chi connectivity index (χ4n) is 0.894. The van der Waals surface area contributed by atoms with Crippen molar-refractivity contribution in [2.75, 3.05) is 0 Å². The molecule has 0 radical (unpaired) electrons. The van der Waals surface area contributed by atoms with E-state index in [-0.39, 0.29) is 7.43 Å². The lowest BCUT2D eigenvalue weighted by Crippen LogP contribution is -1.85. The molecule has 0 N–H and O–H groups in total. The van der Waals surface area contributed by atoms with Crippen molar-refractivity contribution >= 4 is 70.0 Å². The zero-order valence-electron chi connectivity index (χ0n) is 8.78. The first-order valence-corrected chi connectivity index (χ1v) is 7.75. The maximum atomic E-state index is 10.3. The third-order valence-corrected chi connectivity index (χ3v) is 3.61. The van der Waals surface area contributed by atoms with Gasteiger partial charge in [0.1, 0.15) is 18.4 Å². The Kier molecular flexibility index (Phi) is 9.68. The molecule has 0 aliphatic heterocycles. The number of pyridine rings is 2. The summed E-state index contributed by atoms with van der Waals surface area (Å²) in [5.41, 5.74) is 0.559. The van der Waals surface area contributed by atoms with Gasteiger partial charge >= 0.3 is 0 Å². The Balaban J connectivity index is 0.000000331. The normalized spacial score (nSPS) is 8.84. The van der Waals surface area contributed by atoms with E-state index in [1.54, 1.807) is 12.1 Å². The molecule has 3 nitrogen and oxygen atoms in total. The van der Waals surface area contributed by atoms with Crippen LogP contribution >= 0.6 is 63.7 Å². The van der Waals surface area contributed by atoms with Crippen molar-refractivity contribution in [3.63, 3.8) is 0 Å². The molecule has 2 aromatic rings. The summed E-state index contributed by atoms with van der Waals surface area (Å²) in [5, 5.41) is 0. The van der Waals surface area contributed by atoms with Crippen molar-refractivity contribution in [2.24, 2.45) is 0 Å². The largest absolute Gasteiger partial charge is 0.298 e. The number of nitrogens with zero attached hydrogens (tertiary/aromatic N) is 2. The quantitative estimate of drug-likeness (QED) is 0.362. The molecule has 0 amide bonds. The Bertz CT molecular complexity index is 532. The van der Waals surface area contributed by atoms with Crippen molar-refractivity contribution < 1.29 is 4.79 Å². The van der Waals surface area contributed by atoms with Crippen LogP contribution in [-0.4, -0.2) is 16.3 Å². The van der Waals surface area contributed by atoms with Crippen LogP contribution in [0.25, 0.3) is 0 Å². The third-order valence-electron chi connectivity index (χ3n) is 1.65. The van der Waals surface area contributed by atoms with Gasteiger partial charge in [0.15, 0.2) is 6.29 Å². The van der Waals surface area contributed by atoms with Gasteiger partial charge in [-0.15, -0.1) is 0 Å². The zero-order chi connectivity index (χ0) is 13.5. The monoisotopic (exact) mass is 514 g/mol. The van der Waals surface area contributed by atoms with Crippen LogP contribution in [0.4, 0.5) is 0 Å². The van der Waals surface area contributed by atoms with Crippen LogP contribution in [0.2, 0.25) is 0 Å². The highest BCUT2D eigenvalue weighted by Crippen LogP contribution is 2.15. The lowest BCUT2D eigenvalue weighted by atomic mass is 10.3. The summed E-state index contributed by atoms with van der Waals surface area (Å²) in [6, 6.07) is 9.08. The standard InChI is InChI=1S/C6H3Br2NO.C5H3Br2N.CH4/c7-5-2-1-4(3-10)6(8)9-5;6-4-2-1-3-5(7)8-4;/h1-3H;1-3H;1H4. The molecule has 0 unspecified atom stereocenters. The van der Waals surface area contributed by atoms with Gasteiger partial charge in [-0.3, -0.25) is 4.79 Å².